The monoisotopic (exact) mass is 301 g/mol. The summed E-state index contributed by atoms with van der Waals surface area (Å²) in [5.41, 5.74) is 4.00. The fourth-order valence-electron chi connectivity index (χ4n) is 2.73. The van der Waals surface area contributed by atoms with Crippen molar-refractivity contribution in [2.24, 2.45) is 0 Å². The van der Waals surface area contributed by atoms with Crippen LogP contribution in [-0.4, -0.2) is 14.9 Å². The lowest BCUT2D eigenvalue weighted by Gasteiger charge is -2.17. The number of non-ortho nitro benzene ring substituents is 1. The summed E-state index contributed by atoms with van der Waals surface area (Å²) >= 11 is 5.39. The molecule has 5 nitrogen and oxygen atoms in total. The number of H-pyrrole nitrogens is 1. The maximum absolute atomic E-state index is 10.9. The molecule has 0 atom stereocenters. The van der Waals surface area contributed by atoms with E-state index in [2.05, 4.69) is 9.97 Å². The number of benzene rings is 1. The summed E-state index contributed by atoms with van der Waals surface area (Å²) in [5, 5.41) is 10.9. The van der Waals surface area contributed by atoms with Crippen molar-refractivity contribution in [3.63, 3.8) is 0 Å². The van der Waals surface area contributed by atoms with Crippen LogP contribution >= 0.6 is 12.2 Å². The van der Waals surface area contributed by atoms with Gasteiger partial charge in [0, 0.05) is 29.0 Å². The van der Waals surface area contributed by atoms with Gasteiger partial charge in [-0.25, -0.2) is 4.98 Å². The molecule has 0 aliphatic heterocycles. The predicted molar refractivity (Wildman–Crippen MR) is 82.9 cm³/mol. The number of fused-ring (bicyclic) bond motifs is 1. The van der Waals surface area contributed by atoms with E-state index < -0.39 is 4.92 Å². The van der Waals surface area contributed by atoms with Crippen LogP contribution in [0.1, 0.15) is 29.7 Å². The Labute approximate surface area is 127 Å². The van der Waals surface area contributed by atoms with E-state index in [-0.39, 0.29) is 5.69 Å². The van der Waals surface area contributed by atoms with Gasteiger partial charge in [0.25, 0.3) is 5.69 Å². The SMILES string of the molecule is Cc1ccc([N+](=O)[O-])cc1-c1nc(=S)c2c([nH]1)CCCC2. The number of hydrogen-bond donors (Lipinski definition) is 1. The second-order valence-corrected chi connectivity index (χ2v) is 5.70. The molecule has 1 aromatic heterocycles. The van der Waals surface area contributed by atoms with E-state index in [0.717, 1.165) is 48.1 Å². The second-order valence-electron chi connectivity index (χ2n) is 5.31. The Morgan fingerprint density at radius 2 is 2.10 bits per heavy atom. The summed E-state index contributed by atoms with van der Waals surface area (Å²) in [6.07, 6.45) is 4.20. The Hall–Kier alpha value is -2.08. The Morgan fingerprint density at radius 3 is 2.86 bits per heavy atom. The van der Waals surface area contributed by atoms with Gasteiger partial charge in [0.2, 0.25) is 0 Å². The highest BCUT2D eigenvalue weighted by Crippen LogP contribution is 2.28. The molecule has 0 amide bonds. The lowest BCUT2D eigenvalue weighted by molar-refractivity contribution is -0.384. The third-order valence-corrected chi connectivity index (χ3v) is 4.23. The molecule has 0 bridgehead atoms. The number of rotatable bonds is 2. The van der Waals surface area contributed by atoms with E-state index in [1.807, 2.05) is 6.92 Å². The summed E-state index contributed by atoms with van der Waals surface area (Å²) in [6, 6.07) is 4.80. The molecule has 1 heterocycles. The molecule has 6 heteroatoms. The smallest absolute Gasteiger partial charge is 0.270 e. The summed E-state index contributed by atoms with van der Waals surface area (Å²) in [5.74, 6) is 0.627. The van der Waals surface area contributed by atoms with Crippen LogP contribution in [0.15, 0.2) is 18.2 Å². The van der Waals surface area contributed by atoms with Crippen LogP contribution in [0.25, 0.3) is 11.4 Å². The van der Waals surface area contributed by atoms with E-state index in [4.69, 9.17) is 12.2 Å². The maximum atomic E-state index is 10.9. The first kappa shape index (κ1) is 13.9. The zero-order valence-electron chi connectivity index (χ0n) is 11.7. The molecular formula is C15H15N3O2S. The van der Waals surface area contributed by atoms with Gasteiger partial charge in [0.15, 0.2) is 0 Å². The number of nitro benzene ring substituents is 1. The third kappa shape index (κ3) is 2.58. The van der Waals surface area contributed by atoms with Crippen LogP contribution in [0.5, 0.6) is 0 Å². The summed E-state index contributed by atoms with van der Waals surface area (Å²) < 4.78 is 0.615. The number of nitrogens with zero attached hydrogens (tertiary/aromatic N) is 2. The lowest BCUT2D eigenvalue weighted by atomic mass is 9.97. The Balaban J connectivity index is 2.17. The maximum Gasteiger partial charge on any atom is 0.270 e. The number of nitro groups is 1. The van der Waals surface area contributed by atoms with Crippen molar-refractivity contribution in [3.8, 4) is 11.4 Å². The van der Waals surface area contributed by atoms with Gasteiger partial charge in [-0.15, -0.1) is 0 Å². The van der Waals surface area contributed by atoms with Crippen molar-refractivity contribution in [1.82, 2.24) is 9.97 Å². The molecule has 0 unspecified atom stereocenters. The lowest BCUT2D eigenvalue weighted by Crippen LogP contribution is -2.09. The van der Waals surface area contributed by atoms with Gasteiger partial charge in [-0.1, -0.05) is 18.3 Å². The largest absolute Gasteiger partial charge is 0.343 e. The molecule has 1 aromatic carbocycles. The molecule has 0 fully saturated rings. The number of aromatic nitrogens is 2. The van der Waals surface area contributed by atoms with Crippen molar-refractivity contribution in [3.05, 3.63) is 49.8 Å². The Morgan fingerprint density at radius 1 is 1.33 bits per heavy atom. The van der Waals surface area contributed by atoms with Crippen molar-refractivity contribution in [2.45, 2.75) is 32.6 Å². The number of hydrogen-bond acceptors (Lipinski definition) is 4. The van der Waals surface area contributed by atoms with Crippen LogP contribution in [0.3, 0.4) is 0 Å². The molecule has 0 spiro atoms. The minimum atomic E-state index is -0.393. The number of aromatic amines is 1. The zero-order chi connectivity index (χ0) is 15.0. The van der Waals surface area contributed by atoms with Gasteiger partial charge in [0.05, 0.1) is 4.92 Å². The average molecular weight is 301 g/mol. The first-order valence-corrected chi connectivity index (χ1v) is 7.34. The normalized spacial score (nSPS) is 13.8. The van der Waals surface area contributed by atoms with Gasteiger partial charge in [-0.3, -0.25) is 10.1 Å². The van der Waals surface area contributed by atoms with E-state index in [0.29, 0.717) is 10.5 Å². The van der Waals surface area contributed by atoms with E-state index >= 15 is 0 Å². The predicted octanol–water partition coefficient (Wildman–Crippen LogP) is 3.90. The van der Waals surface area contributed by atoms with Crippen LogP contribution in [0, 0.1) is 21.7 Å². The van der Waals surface area contributed by atoms with Crippen LogP contribution in [0.2, 0.25) is 0 Å². The molecule has 21 heavy (non-hydrogen) atoms. The van der Waals surface area contributed by atoms with E-state index in [1.54, 1.807) is 12.1 Å². The zero-order valence-corrected chi connectivity index (χ0v) is 12.5. The molecule has 1 aliphatic carbocycles. The van der Waals surface area contributed by atoms with Crippen molar-refractivity contribution < 1.29 is 4.92 Å². The molecule has 0 radical (unpaired) electrons. The molecular weight excluding hydrogens is 286 g/mol. The quantitative estimate of drug-likeness (QED) is 0.518. The number of nitrogens with one attached hydrogen (secondary N) is 1. The minimum Gasteiger partial charge on any atom is -0.343 e. The second kappa shape index (κ2) is 5.37. The molecule has 1 N–H and O–H groups in total. The fraction of sp³-hybridized carbons (Fsp3) is 0.333. The van der Waals surface area contributed by atoms with Gasteiger partial charge >= 0.3 is 0 Å². The van der Waals surface area contributed by atoms with Crippen molar-refractivity contribution >= 4 is 17.9 Å². The molecule has 2 aromatic rings. The van der Waals surface area contributed by atoms with E-state index in [9.17, 15) is 10.1 Å². The highest BCUT2D eigenvalue weighted by atomic mass is 32.1. The van der Waals surface area contributed by atoms with Gasteiger partial charge in [-0.2, -0.15) is 0 Å². The first-order valence-electron chi connectivity index (χ1n) is 6.94. The summed E-state index contributed by atoms with van der Waals surface area (Å²) in [6.45, 7) is 1.91. The third-order valence-electron chi connectivity index (χ3n) is 3.90. The highest BCUT2D eigenvalue weighted by molar-refractivity contribution is 7.71. The van der Waals surface area contributed by atoms with Gasteiger partial charge in [0.1, 0.15) is 10.5 Å². The Kier molecular flexibility index (Phi) is 3.55. The van der Waals surface area contributed by atoms with Crippen LogP contribution < -0.4 is 0 Å². The van der Waals surface area contributed by atoms with Crippen molar-refractivity contribution in [2.75, 3.05) is 0 Å². The average Bonchev–Trinajstić information content (AvgIpc) is 2.47. The van der Waals surface area contributed by atoms with Gasteiger partial charge < -0.3 is 4.98 Å². The highest BCUT2D eigenvalue weighted by Gasteiger charge is 2.16. The summed E-state index contributed by atoms with van der Waals surface area (Å²) in [4.78, 5) is 18.3. The number of aryl methyl sites for hydroxylation is 2. The first-order chi connectivity index (χ1) is 10.1. The standard InChI is InChI=1S/C15H15N3O2S/c1-9-6-7-10(18(19)20)8-12(9)14-16-13-5-3-2-4-11(13)15(21)17-14/h6-8H,2-5H2,1H3,(H,16,17,21). The van der Waals surface area contributed by atoms with Crippen LogP contribution in [0.4, 0.5) is 5.69 Å². The van der Waals surface area contributed by atoms with Crippen molar-refractivity contribution in [1.29, 1.82) is 0 Å². The van der Waals surface area contributed by atoms with Crippen LogP contribution in [-0.2, 0) is 12.8 Å². The fourth-order valence-corrected chi connectivity index (χ4v) is 3.04. The van der Waals surface area contributed by atoms with E-state index in [1.165, 1.54) is 6.07 Å². The molecule has 1 aliphatic rings. The Bertz CT molecular complexity index is 783. The molecule has 0 saturated heterocycles. The van der Waals surface area contributed by atoms with Gasteiger partial charge in [-0.05, 0) is 38.2 Å². The topological polar surface area (TPSA) is 71.8 Å². The molecule has 108 valence electrons. The molecule has 3 rings (SSSR count). The molecule has 0 saturated carbocycles. The summed E-state index contributed by atoms with van der Waals surface area (Å²) in [7, 11) is 0. The minimum absolute atomic E-state index is 0.0643.